The van der Waals surface area contributed by atoms with Crippen molar-refractivity contribution < 1.29 is 14.0 Å². The molecular weight excluding hydrogens is 417 g/mol. The van der Waals surface area contributed by atoms with Crippen molar-refractivity contribution in [3.8, 4) is 5.69 Å². The fourth-order valence-corrected chi connectivity index (χ4v) is 4.63. The fourth-order valence-electron chi connectivity index (χ4n) is 4.63. The van der Waals surface area contributed by atoms with Crippen LogP contribution in [0.1, 0.15) is 56.9 Å². The maximum Gasteiger partial charge on any atom is 0.232 e. The summed E-state index contributed by atoms with van der Waals surface area (Å²) in [7, 11) is 0. The number of anilines is 1. The predicted octanol–water partition coefficient (Wildman–Crippen LogP) is 5.44. The van der Waals surface area contributed by atoms with Crippen molar-refractivity contribution in [3.63, 3.8) is 0 Å². The van der Waals surface area contributed by atoms with Crippen LogP contribution in [0.5, 0.6) is 0 Å². The first-order chi connectivity index (χ1) is 15.6. The normalized spacial score (nSPS) is 18.4. The molecule has 0 spiro atoms. The average Bonchev–Trinajstić information content (AvgIpc) is 3.12. The van der Waals surface area contributed by atoms with Crippen LogP contribution in [0.2, 0.25) is 0 Å². The van der Waals surface area contributed by atoms with E-state index in [0.29, 0.717) is 6.54 Å². The minimum atomic E-state index is -0.582. The third-order valence-electron chi connectivity index (χ3n) is 6.42. The van der Waals surface area contributed by atoms with Gasteiger partial charge in [-0.05, 0) is 43.7 Å². The average molecular weight is 448 g/mol. The summed E-state index contributed by atoms with van der Waals surface area (Å²) in [6.07, 6.45) is 0.121. The van der Waals surface area contributed by atoms with E-state index in [4.69, 9.17) is 5.10 Å². The van der Waals surface area contributed by atoms with Crippen molar-refractivity contribution in [1.29, 1.82) is 0 Å². The predicted molar refractivity (Wildman–Crippen MR) is 127 cm³/mol. The van der Waals surface area contributed by atoms with Gasteiger partial charge in [0.15, 0.2) is 0 Å². The molecule has 0 radical (unpaired) electrons. The Hall–Kier alpha value is -3.28. The van der Waals surface area contributed by atoms with E-state index >= 15 is 0 Å². The number of carbonyl (C=O) groups is 2. The zero-order valence-electron chi connectivity index (χ0n) is 19.8. The Bertz CT molecular complexity index is 1180. The number of aromatic nitrogens is 2. The lowest BCUT2D eigenvalue weighted by atomic mass is 9.72. The Morgan fingerprint density at radius 3 is 2.27 bits per heavy atom. The van der Waals surface area contributed by atoms with Gasteiger partial charge in [0.25, 0.3) is 0 Å². The molecule has 2 aromatic carbocycles. The van der Waals surface area contributed by atoms with Gasteiger partial charge in [-0.15, -0.1) is 0 Å². The maximum atomic E-state index is 13.9. The summed E-state index contributed by atoms with van der Waals surface area (Å²) in [5.41, 5.74) is 2.81. The van der Waals surface area contributed by atoms with Crippen LogP contribution in [0, 0.1) is 24.1 Å². The number of nitrogens with zero attached hydrogens (tertiary/aromatic N) is 3. The molecule has 1 amide bonds. The SMILES string of the molecule is CCN1C(=O)[C@@H](CC(=O)C(C)(C)C)[C@@H](c2ccc(F)cc2)c2c(C)nn(-c3ccccc3)c21. The third-order valence-corrected chi connectivity index (χ3v) is 6.42. The summed E-state index contributed by atoms with van der Waals surface area (Å²) in [5.74, 6) is -0.661. The number of hydrogen-bond donors (Lipinski definition) is 0. The Labute approximate surface area is 194 Å². The molecular formula is C27H30FN3O2. The van der Waals surface area contributed by atoms with Gasteiger partial charge in [0.1, 0.15) is 17.4 Å². The molecule has 1 aliphatic heterocycles. The van der Waals surface area contributed by atoms with E-state index in [1.165, 1.54) is 12.1 Å². The van der Waals surface area contributed by atoms with Gasteiger partial charge in [-0.3, -0.25) is 14.5 Å². The van der Waals surface area contributed by atoms with Gasteiger partial charge in [-0.1, -0.05) is 51.1 Å². The molecule has 172 valence electrons. The van der Waals surface area contributed by atoms with Crippen LogP contribution in [0.4, 0.5) is 10.2 Å². The van der Waals surface area contributed by atoms with E-state index in [1.807, 2.05) is 69.6 Å². The standard InChI is InChI=1S/C27H30FN3O2/c1-6-30-25-23(17(2)29-31(25)20-10-8-7-9-11-20)24(18-12-14-19(28)15-13-18)21(26(30)33)16-22(32)27(3,4)5/h7-15,21,24H,6,16H2,1-5H3/t21-,24+/m0/s1. The highest BCUT2D eigenvalue weighted by Gasteiger charge is 2.46. The molecule has 0 aliphatic carbocycles. The number of rotatable bonds is 5. The molecule has 2 heterocycles. The molecule has 0 bridgehead atoms. The second kappa shape index (κ2) is 8.58. The monoisotopic (exact) mass is 447 g/mol. The molecule has 33 heavy (non-hydrogen) atoms. The summed E-state index contributed by atoms with van der Waals surface area (Å²) < 4.78 is 15.6. The highest BCUT2D eigenvalue weighted by atomic mass is 19.1. The molecule has 6 heteroatoms. The van der Waals surface area contributed by atoms with Crippen LogP contribution in [0.15, 0.2) is 54.6 Å². The Kier molecular flexibility index (Phi) is 5.95. The van der Waals surface area contributed by atoms with Crippen molar-refractivity contribution in [2.24, 2.45) is 11.3 Å². The van der Waals surface area contributed by atoms with Gasteiger partial charge in [0.2, 0.25) is 5.91 Å². The van der Waals surface area contributed by atoms with Crippen molar-refractivity contribution in [1.82, 2.24) is 9.78 Å². The van der Waals surface area contributed by atoms with Crippen LogP contribution in [-0.2, 0) is 9.59 Å². The lowest BCUT2D eigenvalue weighted by molar-refractivity contribution is -0.132. The molecule has 0 fully saturated rings. The van der Waals surface area contributed by atoms with Crippen LogP contribution in [-0.4, -0.2) is 28.0 Å². The first-order valence-corrected chi connectivity index (χ1v) is 11.4. The second-order valence-electron chi connectivity index (χ2n) is 9.67. The topological polar surface area (TPSA) is 55.2 Å². The molecule has 0 unspecified atom stereocenters. The third kappa shape index (κ3) is 4.10. The fraction of sp³-hybridized carbons (Fsp3) is 0.370. The number of aryl methyl sites for hydroxylation is 1. The molecule has 4 rings (SSSR count). The number of carbonyl (C=O) groups excluding carboxylic acids is 2. The molecule has 0 saturated carbocycles. The zero-order chi connectivity index (χ0) is 23.9. The lowest BCUT2D eigenvalue weighted by Crippen LogP contribution is -2.46. The number of halogens is 1. The molecule has 3 aromatic rings. The van der Waals surface area contributed by atoms with Crippen LogP contribution >= 0.6 is 0 Å². The largest absolute Gasteiger partial charge is 0.299 e. The first-order valence-electron chi connectivity index (χ1n) is 11.4. The highest BCUT2D eigenvalue weighted by molar-refractivity contribution is 6.01. The van der Waals surface area contributed by atoms with Gasteiger partial charge in [-0.2, -0.15) is 5.10 Å². The van der Waals surface area contributed by atoms with Crippen molar-refractivity contribution >= 4 is 17.5 Å². The highest BCUT2D eigenvalue weighted by Crippen LogP contribution is 2.47. The van der Waals surface area contributed by atoms with E-state index in [-0.39, 0.29) is 29.8 Å². The lowest BCUT2D eigenvalue weighted by Gasteiger charge is -2.38. The molecule has 2 atom stereocenters. The molecule has 1 aromatic heterocycles. The molecule has 0 saturated heterocycles. The van der Waals surface area contributed by atoms with Crippen molar-refractivity contribution in [3.05, 3.63) is 77.2 Å². The maximum absolute atomic E-state index is 13.9. The minimum Gasteiger partial charge on any atom is -0.299 e. The molecule has 1 aliphatic rings. The summed E-state index contributed by atoms with van der Waals surface area (Å²) in [6, 6.07) is 15.9. The van der Waals surface area contributed by atoms with Crippen LogP contribution < -0.4 is 4.90 Å². The van der Waals surface area contributed by atoms with E-state index in [2.05, 4.69) is 0 Å². The number of hydrogen-bond acceptors (Lipinski definition) is 3. The smallest absolute Gasteiger partial charge is 0.232 e. The van der Waals surface area contributed by atoms with E-state index in [1.54, 1.807) is 17.0 Å². The summed E-state index contributed by atoms with van der Waals surface area (Å²) in [5, 5.41) is 4.81. The van der Waals surface area contributed by atoms with E-state index < -0.39 is 11.3 Å². The Morgan fingerprint density at radius 1 is 1.06 bits per heavy atom. The number of Topliss-reactive ketones (excluding diaryl/α,β-unsaturated/α-hetero) is 1. The second-order valence-corrected chi connectivity index (χ2v) is 9.67. The summed E-state index contributed by atoms with van der Waals surface area (Å²) in [6.45, 7) is 9.94. The van der Waals surface area contributed by atoms with Gasteiger partial charge >= 0.3 is 0 Å². The number of fused-ring (bicyclic) bond motifs is 1. The van der Waals surface area contributed by atoms with Gasteiger partial charge < -0.3 is 0 Å². The zero-order valence-corrected chi connectivity index (χ0v) is 19.8. The number of para-hydroxylation sites is 1. The van der Waals surface area contributed by atoms with Crippen molar-refractivity contribution in [2.45, 2.75) is 47.0 Å². The van der Waals surface area contributed by atoms with Crippen LogP contribution in [0.25, 0.3) is 5.69 Å². The van der Waals surface area contributed by atoms with Gasteiger partial charge in [0, 0.05) is 29.9 Å². The molecule has 0 N–H and O–H groups in total. The van der Waals surface area contributed by atoms with Gasteiger partial charge in [-0.25, -0.2) is 9.07 Å². The minimum absolute atomic E-state index is 0.0283. The van der Waals surface area contributed by atoms with E-state index in [0.717, 1.165) is 28.3 Å². The number of benzene rings is 2. The first kappa shape index (κ1) is 22.9. The quantitative estimate of drug-likeness (QED) is 0.523. The molecule has 5 nitrogen and oxygen atoms in total. The number of ketones is 1. The number of amides is 1. The van der Waals surface area contributed by atoms with Crippen molar-refractivity contribution in [2.75, 3.05) is 11.4 Å². The summed E-state index contributed by atoms with van der Waals surface area (Å²) >= 11 is 0. The Morgan fingerprint density at radius 2 is 1.70 bits per heavy atom. The van der Waals surface area contributed by atoms with Crippen LogP contribution in [0.3, 0.4) is 0 Å². The Balaban J connectivity index is 1.95. The summed E-state index contributed by atoms with van der Waals surface area (Å²) in [4.78, 5) is 28.7. The van der Waals surface area contributed by atoms with E-state index in [9.17, 15) is 14.0 Å². The van der Waals surface area contributed by atoms with Gasteiger partial charge in [0.05, 0.1) is 17.3 Å².